The van der Waals surface area contributed by atoms with E-state index in [1.807, 2.05) is 0 Å². The van der Waals surface area contributed by atoms with Gasteiger partial charge < -0.3 is 26.3 Å². The topological polar surface area (TPSA) is 98.0 Å². The Morgan fingerprint density at radius 1 is 0.815 bits per heavy atom. The molecular formula is C21H47O5Ti-. The van der Waals surface area contributed by atoms with E-state index in [0.717, 1.165) is 12.8 Å². The predicted octanol–water partition coefficient (Wildman–Crippen LogP) is 4.82. The van der Waals surface area contributed by atoms with Crippen molar-refractivity contribution < 1.29 is 46.9 Å². The van der Waals surface area contributed by atoms with Gasteiger partial charge in [-0.2, -0.15) is 20.8 Å². The molecule has 0 aromatic heterocycles. The summed E-state index contributed by atoms with van der Waals surface area (Å²) in [6, 6.07) is 0. The quantitative estimate of drug-likeness (QED) is 0.374. The van der Waals surface area contributed by atoms with Crippen LogP contribution in [-0.4, -0.2) is 44.7 Å². The van der Waals surface area contributed by atoms with Crippen LogP contribution in [0.4, 0.5) is 0 Å². The fourth-order valence-corrected chi connectivity index (χ4v) is 1.64. The van der Waals surface area contributed by atoms with E-state index in [2.05, 4.69) is 20.8 Å². The number of carbonyl (C=O) groups is 1. The fraction of sp³-hybridized carbons (Fsp3) is 0.905. The summed E-state index contributed by atoms with van der Waals surface area (Å²) in [6.45, 7) is 16.6. The Bertz CT molecular complexity index is 228. The van der Waals surface area contributed by atoms with Gasteiger partial charge in [0.1, 0.15) is 0 Å². The first-order valence-electron chi connectivity index (χ1n) is 9.74. The van der Waals surface area contributed by atoms with E-state index in [0.29, 0.717) is 12.3 Å². The maximum atomic E-state index is 10.3. The van der Waals surface area contributed by atoms with Crippen LogP contribution in [0, 0.1) is 11.8 Å². The molecule has 0 bridgehead atoms. The van der Waals surface area contributed by atoms with Gasteiger partial charge >= 0.3 is 5.97 Å². The standard InChI is InChI=1S/C8H14O2.C4H9.3C3H8O.Ti/c9-8(10)6-7-4-2-1-3-5-7;1-4(2)3;3*1-3(2)4;/h7H,1-6H2,(H,9,10);1-3H3;3*3-4H,1-2H3;/q;-1;;;;. The molecule has 0 saturated heterocycles. The number of aliphatic carboxylic acids is 1. The Balaban J connectivity index is -0.0000000814. The average molecular weight is 427 g/mol. The number of hydrogen-bond donors (Lipinski definition) is 4. The SMILES string of the molecule is CC(C)O.CC(C)O.CC(C)O.C[C-](C)C.O=C(O)CC1CCCCC1.[Ti]. The Morgan fingerprint density at radius 2 is 1.04 bits per heavy atom. The summed E-state index contributed by atoms with van der Waals surface area (Å²) in [4.78, 5) is 10.3. The first kappa shape index (κ1) is 37.8. The molecule has 4 N–H and O–H groups in total. The van der Waals surface area contributed by atoms with Crippen molar-refractivity contribution in [3.8, 4) is 0 Å². The van der Waals surface area contributed by atoms with Gasteiger partial charge in [0.15, 0.2) is 0 Å². The number of carboxylic acid groups (broad SMARTS) is 1. The van der Waals surface area contributed by atoms with E-state index >= 15 is 0 Å². The molecule has 27 heavy (non-hydrogen) atoms. The normalized spacial score (nSPS) is 13.0. The van der Waals surface area contributed by atoms with Gasteiger partial charge in [-0.1, -0.05) is 19.3 Å². The third-order valence-electron chi connectivity index (χ3n) is 2.19. The van der Waals surface area contributed by atoms with Gasteiger partial charge in [0.25, 0.3) is 0 Å². The van der Waals surface area contributed by atoms with Gasteiger partial charge in [-0.3, -0.25) is 4.79 Å². The fourth-order valence-electron chi connectivity index (χ4n) is 1.64. The van der Waals surface area contributed by atoms with Crippen molar-refractivity contribution in [2.75, 3.05) is 0 Å². The number of rotatable bonds is 2. The minimum atomic E-state index is -0.632. The summed E-state index contributed by atoms with van der Waals surface area (Å²) in [6.07, 6.45) is 5.92. The van der Waals surface area contributed by atoms with E-state index < -0.39 is 5.97 Å². The van der Waals surface area contributed by atoms with Gasteiger partial charge in [-0.15, -0.1) is 0 Å². The minimum Gasteiger partial charge on any atom is -0.481 e. The Hall–Kier alpha value is 0.0643. The molecule has 1 rings (SSSR count). The first-order valence-corrected chi connectivity index (χ1v) is 9.74. The zero-order valence-corrected chi connectivity index (χ0v) is 20.8. The van der Waals surface area contributed by atoms with Crippen LogP contribution >= 0.6 is 0 Å². The number of carboxylic acids is 1. The van der Waals surface area contributed by atoms with E-state index in [4.69, 9.17) is 20.4 Å². The molecule has 0 aromatic carbocycles. The molecule has 0 amide bonds. The summed E-state index contributed by atoms with van der Waals surface area (Å²) < 4.78 is 0. The van der Waals surface area contributed by atoms with Crippen molar-refractivity contribution in [2.45, 2.75) is 119 Å². The zero-order valence-electron chi connectivity index (χ0n) is 19.2. The van der Waals surface area contributed by atoms with Crippen molar-refractivity contribution in [3.05, 3.63) is 5.92 Å². The monoisotopic (exact) mass is 427 g/mol. The van der Waals surface area contributed by atoms with Crippen molar-refractivity contribution in [1.29, 1.82) is 0 Å². The molecular weight excluding hydrogens is 380 g/mol. The van der Waals surface area contributed by atoms with Crippen LogP contribution in [-0.2, 0) is 26.5 Å². The third-order valence-corrected chi connectivity index (χ3v) is 2.19. The maximum Gasteiger partial charge on any atom is 0.303 e. The largest absolute Gasteiger partial charge is 0.481 e. The molecule has 166 valence electrons. The number of aliphatic hydroxyl groups is 3. The van der Waals surface area contributed by atoms with Crippen LogP contribution in [0.15, 0.2) is 0 Å². The Kier molecular flexibility index (Phi) is 39.6. The van der Waals surface area contributed by atoms with Crippen molar-refractivity contribution in [3.63, 3.8) is 0 Å². The van der Waals surface area contributed by atoms with Crippen LogP contribution in [0.2, 0.25) is 0 Å². The summed E-state index contributed by atoms with van der Waals surface area (Å²) in [5.74, 6) is 1.26. The molecule has 0 radical (unpaired) electrons. The Labute approximate surface area is 183 Å². The van der Waals surface area contributed by atoms with Crippen LogP contribution in [0.3, 0.4) is 0 Å². The van der Waals surface area contributed by atoms with Crippen LogP contribution in [0.25, 0.3) is 0 Å². The molecule has 0 unspecified atom stereocenters. The summed E-state index contributed by atoms with van der Waals surface area (Å²) >= 11 is 0. The summed E-state index contributed by atoms with van der Waals surface area (Å²) in [5.41, 5.74) is 0. The molecule has 1 aliphatic rings. The van der Waals surface area contributed by atoms with Gasteiger partial charge in [-0.05, 0) is 60.3 Å². The van der Waals surface area contributed by atoms with Gasteiger partial charge in [-0.25, -0.2) is 0 Å². The molecule has 0 heterocycles. The third kappa shape index (κ3) is 104. The molecule has 0 aromatic rings. The molecule has 1 saturated carbocycles. The van der Waals surface area contributed by atoms with E-state index in [1.54, 1.807) is 41.5 Å². The minimum absolute atomic E-state index is 0. The Morgan fingerprint density at radius 3 is 1.22 bits per heavy atom. The van der Waals surface area contributed by atoms with Crippen molar-refractivity contribution in [1.82, 2.24) is 0 Å². The first-order chi connectivity index (χ1) is 11.7. The summed E-state index contributed by atoms with van der Waals surface area (Å²) in [5, 5.41) is 32.6. The molecule has 0 atom stereocenters. The van der Waals surface area contributed by atoms with E-state index in [1.165, 1.54) is 25.2 Å². The molecule has 5 nitrogen and oxygen atoms in total. The molecule has 6 heteroatoms. The van der Waals surface area contributed by atoms with Gasteiger partial charge in [0, 0.05) is 46.5 Å². The van der Waals surface area contributed by atoms with Crippen molar-refractivity contribution >= 4 is 5.97 Å². The smallest absolute Gasteiger partial charge is 0.303 e. The zero-order chi connectivity index (χ0) is 21.7. The predicted molar refractivity (Wildman–Crippen MR) is 111 cm³/mol. The number of hydrogen-bond acceptors (Lipinski definition) is 4. The molecule has 1 aliphatic carbocycles. The second-order valence-electron chi connectivity index (χ2n) is 7.88. The van der Waals surface area contributed by atoms with E-state index in [-0.39, 0.29) is 40.0 Å². The van der Waals surface area contributed by atoms with E-state index in [9.17, 15) is 4.79 Å². The second-order valence-corrected chi connectivity index (χ2v) is 7.88. The average Bonchev–Trinajstić information content (AvgIpc) is 2.36. The van der Waals surface area contributed by atoms with Gasteiger partial charge in [0.05, 0.1) is 0 Å². The molecule has 1 fully saturated rings. The van der Waals surface area contributed by atoms with Crippen LogP contribution in [0.5, 0.6) is 0 Å². The molecule has 0 spiro atoms. The van der Waals surface area contributed by atoms with Crippen molar-refractivity contribution in [2.24, 2.45) is 5.92 Å². The van der Waals surface area contributed by atoms with Crippen LogP contribution in [0.1, 0.15) is 101 Å². The summed E-state index contributed by atoms with van der Waals surface area (Å²) in [7, 11) is 0. The maximum absolute atomic E-state index is 10.3. The second kappa shape index (κ2) is 28.3. The van der Waals surface area contributed by atoms with Gasteiger partial charge in [0.2, 0.25) is 0 Å². The number of aliphatic hydroxyl groups excluding tert-OH is 3. The van der Waals surface area contributed by atoms with Crippen LogP contribution < -0.4 is 0 Å². The molecule has 0 aliphatic heterocycles.